The Balaban J connectivity index is 1.28. The van der Waals surface area contributed by atoms with Gasteiger partial charge in [0.15, 0.2) is 11.0 Å². The number of carbonyl (C=O) groups excluding carboxylic acids is 2. The van der Waals surface area contributed by atoms with Gasteiger partial charge in [0, 0.05) is 30.0 Å². The number of hydrogen-bond donors (Lipinski definition) is 2. The summed E-state index contributed by atoms with van der Waals surface area (Å²) in [7, 11) is -3.66. The molecule has 1 fully saturated rings. The van der Waals surface area contributed by atoms with Gasteiger partial charge in [0.1, 0.15) is 0 Å². The molecule has 1 saturated heterocycles. The van der Waals surface area contributed by atoms with E-state index in [0.29, 0.717) is 42.8 Å². The predicted molar refractivity (Wildman–Crippen MR) is 164 cm³/mol. The van der Waals surface area contributed by atoms with E-state index in [1.807, 2.05) is 66.9 Å². The highest BCUT2D eigenvalue weighted by Crippen LogP contribution is 2.24. The summed E-state index contributed by atoms with van der Waals surface area (Å²) in [6.07, 6.45) is 0. The van der Waals surface area contributed by atoms with E-state index in [1.165, 1.54) is 40.3 Å². The van der Waals surface area contributed by atoms with Crippen LogP contribution in [-0.4, -0.2) is 71.4 Å². The monoisotopic (exact) mass is 620 g/mol. The Morgan fingerprint density at radius 2 is 1.63 bits per heavy atom. The molecule has 0 spiro atoms. The number of amides is 2. The standard InChI is InChI=1S/C30H32N6O5S2/c1-21-5-3-7-24(17-21)32-28(37)20-42-30-34-33-27(36(30)25-8-4-6-22(2)18-25)19-31-29(38)23-9-11-26(12-10-23)43(39,40)35-13-15-41-16-14-35/h3-12,17-18H,13-16,19-20H2,1-2H3,(H,31,38)(H,32,37). The van der Waals surface area contributed by atoms with Crippen LogP contribution in [0.3, 0.4) is 0 Å². The molecule has 224 valence electrons. The fourth-order valence-electron chi connectivity index (χ4n) is 4.56. The van der Waals surface area contributed by atoms with E-state index in [1.54, 1.807) is 0 Å². The van der Waals surface area contributed by atoms with Gasteiger partial charge in [0.2, 0.25) is 15.9 Å². The number of hydrogen-bond acceptors (Lipinski definition) is 8. The second-order valence-corrected chi connectivity index (χ2v) is 12.9. The van der Waals surface area contributed by atoms with Crippen molar-refractivity contribution in [3.63, 3.8) is 0 Å². The minimum Gasteiger partial charge on any atom is -0.379 e. The summed E-state index contributed by atoms with van der Waals surface area (Å²) in [4.78, 5) is 25.8. The van der Waals surface area contributed by atoms with E-state index >= 15 is 0 Å². The molecule has 2 heterocycles. The number of rotatable bonds is 10. The molecule has 11 nitrogen and oxygen atoms in total. The predicted octanol–water partition coefficient (Wildman–Crippen LogP) is 3.57. The number of ether oxygens (including phenoxy) is 1. The zero-order valence-corrected chi connectivity index (χ0v) is 25.5. The van der Waals surface area contributed by atoms with Crippen molar-refractivity contribution in [2.75, 3.05) is 37.4 Å². The molecule has 1 aliphatic heterocycles. The third-order valence-corrected chi connectivity index (χ3v) is 9.57. The molecule has 0 unspecified atom stereocenters. The second kappa shape index (κ2) is 13.5. The van der Waals surface area contributed by atoms with Crippen molar-refractivity contribution in [2.45, 2.75) is 30.4 Å². The van der Waals surface area contributed by atoms with Crippen LogP contribution in [0.25, 0.3) is 5.69 Å². The Labute approximate surface area is 254 Å². The number of nitrogens with one attached hydrogen (secondary N) is 2. The molecule has 1 aromatic heterocycles. The van der Waals surface area contributed by atoms with E-state index in [-0.39, 0.29) is 29.0 Å². The highest BCUT2D eigenvalue weighted by molar-refractivity contribution is 7.99. The highest BCUT2D eigenvalue weighted by atomic mass is 32.2. The molecule has 0 atom stereocenters. The number of sulfonamides is 1. The molecule has 0 aliphatic carbocycles. The van der Waals surface area contributed by atoms with Crippen LogP contribution in [0.5, 0.6) is 0 Å². The van der Waals surface area contributed by atoms with Gasteiger partial charge in [-0.1, -0.05) is 36.0 Å². The molecule has 4 aromatic rings. The van der Waals surface area contributed by atoms with Gasteiger partial charge in [-0.25, -0.2) is 8.42 Å². The van der Waals surface area contributed by atoms with Crippen molar-refractivity contribution in [1.29, 1.82) is 0 Å². The van der Waals surface area contributed by atoms with Crippen LogP contribution in [0.2, 0.25) is 0 Å². The Bertz CT molecular complexity index is 1720. The molecule has 1 aliphatic rings. The number of carbonyl (C=O) groups is 2. The van der Waals surface area contributed by atoms with Crippen molar-refractivity contribution < 1.29 is 22.7 Å². The minimum absolute atomic E-state index is 0.0592. The summed E-state index contributed by atoms with van der Waals surface area (Å²) >= 11 is 1.24. The first-order chi connectivity index (χ1) is 20.7. The van der Waals surface area contributed by atoms with Crippen LogP contribution in [0.4, 0.5) is 5.69 Å². The van der Waals surface area contributed by atoms with E-state index in [9.17, 15) is 18.0 Å². The molecule has 13 heteroatoms. The van der Waals surface area contributed by atoms with Crippen LogP contribution >= 0.6 is 11.8 Å². The lowest BCUT2D eigenvalue weighted by atomic mass is 10.2. The van der Waals surface area contributed by atoms with Gasteiger partial charge in [0.25, 0.3) is 5.91 Å². The maximum atomic E-state index is 13.0. The Hall–Kier alpha value is -4.04. The smallest absolute Gasteiger partial charge is 0.251 e. The number of anilines is 1. The highest BCUT2D eigenvalue weighted by Gasteiger charge is 2.26. The van der Waals surface area contributed by atoms with Gasteiger partial charge >= 0.3 is 0 Å². The summed E-state index contributed by atoms with van der Waals surface area (Å²) in [6, 6.07) is 21.2. The molecule has 43 heavy (non-hydrogen) atoms. The Morgan fingerprint density at radius 3 is 2.33 bits per heavy atom. The van der Waals surface area contributed by atoms with Crippen molar-refractivity contribution in [2.24, 2.45) is 0 Å². The van der Waals surface area contributed by atoms with Crippen molar-refractivity contribution in [1.82, 2.24) is 24.4 Å². The Morgan fingerprint density at radius 1 is 0.930 bits per heavy atom. The lowest BCUT2D eigenvalue weighted by molar-refractivity contribution is -0.113. The summed E-state index contributed by atoms with van der Waals surface area (Å²) in [5.41, 5.74) is 3.91. The average molecular weight is 621 g/mol. The largest absolute Gasteiger partial charge is 0.379 e. The average Bonchev–Trinajstić information content (AvgIpc) is 3.42. The summed E-state index contributed by atoms with van der Waals surface area (Å²) < 4.78 is 34.2. The molecular weight excluding hydrogens is 589 g/mol. The van der Waals surface area contributed by atoms with Gasteiger partial charge in [-0.2, -0.15) is 4.31 Å². The van der Waals surface area contributed by atoms with Crippen LogP contribution in [0.15, 0.2) is 82.8 Å². The fraction of sp³-hybridized carbons (Fsp3) is 0.267. The van der Waals surface area contributed by atoms with Gasteiger partial charge < -0.3 is 15.4 Å². The van der Waals surface area contributed by atoms with Crippen LogP contribution < -0.4 is 10.6 Å². The zero-order valence-electron chi connectivity index (χ0n) is 23.8. The van der Waals surface area contributed by atoms with E-state index < -0.39 is 10.0 Å². The lowest BCUT2D eigenvalue weighted by Crippen LogP contribution is -2.40. The number of benzene rings is 3. The molecule has 0 radical (unpaired) electrons. The maximum Gasteiger partial charge on any atom is 0.251 e. The second-order valence-electron chi connectivity index (χ2n) is 10.0. The first kappa shape index (κ1) is 30.4. The third kappa shape index (κ3) is 7.49. The molecule has 2 amide bonds. The molecule has 0 bridgehead atoms. The number of morpholine rings is 1. The topological polar surface area (TPSA) is 136 Å². The quantitative estimate of drug-likeness (QED) is 0.257. The molecule has 0 saturated carbocycles. The molecule has 2 N–H and O–H groups in total. The SMILES string of the molecule is Cc1cccc(NC(=O)CSc2nnc(CNC(=O)c3ccc(S(=O)(=O)N4CCOCC4)cc3)n2-c2cccc(C)c2)c1. The van der Waals surface area contributed by atoms with Gasteiger partial charge in [-0.3, -0.25) is 14.2 Å². The van der Waals surface area contributed by atoms with Gasteiger partial charge in [-0.05, 0) is 73.5 Å². The normalized spacial score (nSPS) is 13.9. The van der Waals surface area contributed by atoms with Crippen molar-refractivity contribution >= 4 is 39.3 Å². The minimum atomic E-state index is -3.66. The first-order valence-electron chi connectivity index (χ1n) is 13.7. The number of aryl methyl sites for hydroxylation is 2. The van der Waals surface area contributed by atoms with Gasteiger partial charge in [-0.15, -0.1) is 10.2 Å². The Kier molecular flexibility index (Phi) is 9.56. The van der Waals surface area contributed by atoms with Crippen LogP contribution in [0.1, 0.15) is 27.3 Å². The summed E-state index contributed by atoms with van der Waals surface area (Å²) in [5.74, 6) is 0.0282. The number of nitrogens with zero attached hydrogens (tertiary/aromatic N) is 4. The van der Waals surface area contributed by atoms with Crippen molar-refractivity contribution in [3.05, 3.63) is 95.3 Å². The van der Waals surface area contributed by atoms with Crippen molar-refractivity contribution in [3.8, 4) is 5.69 Å². The maximum absolute atomic E-state index is 13.0. The summed E-state index contributed by atoms with van der Waals surface area (Å²) in [5, 5.41) is 14.9. The number of thioether (sulfide) groups is 1. The molecular formula is C30H32N6O5S2. The molecule has 3 aromatic carbocycles. The third-order valence-electron chi connectivity index (χ3n) is 6.73. The molecule has 5 rings (SSSR count). The van der Waals surface area contributed by atoms with Gasteiger partial charge in [0.05, 0.1) is 30.4 Å². The summed E-state index contributed by atoms with van der Waals surface area (Å²) in [6.45, 7) is 5.29. The van der Waals surface area contributed by atoms with Crippen LogP contribution in [-0.2, 0) is 26.1 Å². The first-order valence-corrected chi connectivity index (χ1v) is 16.1. The van der Waals surface area contributed by atoms with E-state index in [2.05, 4.69) is 20.8 Å². The number of aromatic nitrogens is 3. The van der Waals surface area contributed by atoms with Crippen LogP contribution in [0, 0.1) is 13.8 Å². The van der Waals surface area contributed by atoms with E-state index in [0.717, 1.165) is 22.5 Å². The zero-order chi connectivity index (χ0) is 30.4. The fourth-order valence-corrected chi connectivity index (χ4v) is 6.74. The lowest BCUT2D eigenvalue weighted by Gasteiger charge is -2.26. The van der Waals surface area contributed by atoms with E-state index in [4.69, 9.17) is 4.74 Å².